The maximum atomic E-state index is 14.5. The van der Waals surface area contributed by atoms with E-state index in [-0.39, 0.29) is 59.5 Å². The number of likely N-dealkylation sites (N-methyl/N-ethyl adjacent to an activating group) is 1. The second-order valence-corrected chi connectivity index (χ2v) is 16.2. The fourth-order valence-electron chi connectivity index (χ4n) is 6.95. The average molecular weight is 795 g/mol. The lowest BCUT2D eigenvalue weighted by Gasteiger charge is -2.38. The highest BCUT2D eigenvalue weighted by molar-refractivity contribution is 7.89. The molecule has 0 aliphatic carbocycles. The van der Waals surface area contributed by atoms with Crippen molar-refractivity contribution >= 4 is 44.1 Å². The van der Waals surface area contributed by atoms with E-state index in [9.17, 15) is 18.0 Å². The molecule has 0 spiro atoms. The molecule has 0 bridgehead atoms. The molecule has 0 saturated carbocycles. The Morgan fingerprint density at radius 2 is 1.61 bits per heavy atom. The van der Waals surface area contributed by atoms with Crippen molar-refractivity contribution in [2.45, 2.75) is 37.5 Å². The number of carbonyl (C=O) groups is 2. The van der Waals surface area contributed by atoms with Crippen molar-refractivity contribution in [1.29, 1.82) is 0 Å². The summed E-state index contributed by atoms with van der Waals surface area (Å²) in [6.45, 7) is 5.25. The lowest BCUT2D eigenvalue weighted by atomic mass is 9.99. The molecule has 5 aromatic carbocycles. The molecule has 3 atom stereocenters. The fraction of sp³-hybridized carbons (Fsp3) is 0.302. The molecule has 0 fully saturated rings. The molecular formula is C43H46N4O9S. The van der Waals surface area contributed by atoms with E-state index in [4.69, 9.17) is 23.7 Å². The monoisotopic (exact) mass is 794 g/mol. The third-order valence-electron chi connectivity index (χ3n) is 10.2. The van der Waals surface area contributed by atoms with Crippen LogP contribution in [0.5, 0.6) is 23.0 Å². The smallest absolute Gasteiger partial charge is 0.323 e. The zero-order chi connectivity index (χ0) is 40.1. The third-order valence-corrected chi connectivity index (χ3v) is 12.0. The van der Waals surface area contributed by atoms with Crippen molar-refractivity contribution in [3.05, 3.63) is 114 Å². The summed E-state index contributed by atoms with van der Waals surface area (Å²) in [5, 5.41) is 7.65. The van der Waals surface area contributed by atoms with E-state index < -0.39 is 22.2 Å². The molecule has 14 heteroatoms. The summed E-state index contributed by atoms with van der Waals surface area (Å²) in [5.41, 5.74) is 2.02. The predicted molar refractivity (Wildman–Crippen MR) is 217 cm³/mol. The minimum atomic E-state index is -4.03. The highest BCUT2D eigenvalue weighted by atomic mass is 32.2. The first-order valence-corrected chi connectivity index (χ1v) is 20.2. The van der Waals surface area contributed by atoms with Crippen molar-refractivity contribution in [2.75, 3.05) is 57.7 Å². The van der Waals surface area contributed by atoms with Gasteiger partial charge in [-0.05, 0) is 60.3 Å². The number of benzene rings is 5. The van der Waals surface area contributed by atoms with Gasteiger partial charge in [-0.1, -0.05) is 61.5 Å². The van der Waals surface area contributed by atoms with Gasteiger partial charge in [0.1, 0.15) is 25.1 Å². The second kappa shape index (κ2) is 17.1. The van der Waals surface area contributed by atoms with Crippen molar-refractivity contribution < 1.29 is 41.7 Å². The number of amides is 3. The number of fused-ring (bicyclic) bond motifs is 3. The topological polar surface area (TPSA) is 145 Å². The lowest BCUT2D eigenvalue weighted by Crippen LogP contribution is -2.50. The van der Waals surface area contributed by atoms with Crippen LogP contribution in [0.4, 0.5) is 16.2 Å². The van der Waals surface area contributed by atoms with E-state index in [0.29, 0.717) is 37.0 Å². The zero-order valence-electron chi connectivity index (χ0n) is 32.3. The van der Waals surface area contributed by atoms with Gasteiger partial charge in [-0.3, -0.25) is 4.79 Å². The van der Waals surface area contributed by atoms with Gasteiger partial charge in [0, 0.05) is 31.0 Å². The maximum Gasteiger partial charge on any atom is 0.323 e. The van der Waals surface area contributed by atoms with Crippen LogP contribution < -0.4 is 29.6 Å². The highest BCUT2D eigenvalue weighted by Crippen LogP contribution is 2.37. The number of nitrogens with one attached hydrogen (secondary N) is 2. The van der Waals surface area contributed by atoms with Crippen LogP contribution in [0.15, 0.2) is 108 Å². The van der Waals surface area contributed by atoms with E-state index in [2.05, 4.69) is 10.6 Å². The molecule has 0 radical (unpaired) electrons. The predicted octanol–water partition coefficient (Wildman–Crippen LogP) is 7.03. The Bertz CT molecular complexity index is 2350. The number of para-hydroxylation sites is 1. The first-order chi connectivity index (χ1) is 27.5. The summed E-state index contributed by atoms with van der Waals surface area (Å²) in [7, 11) is -0.930. The molecule has 57 heavy (non-hydrogen) atoms. The van der Waals surface area contributed by atoms with Gasteiger partial charge in [0.15, 0.2) is 17.2 Å². The van der Waals surface area contributed by atoms with Crippen molar-refractivity contribution in [1.82, 2.24) is 9.21 Å². The van der Waals surface area contributed by atoms with E-state index in [1.54, 1.807) is 36.3 Å². The number of hydrogen-bond donors (Lipinski definition) is 2. The molecule has 0 saturated heterocycles. The molecule has 2 aliphatic rings. The number of ether oxygens (including phenoxy) is 5. The van der Waals surface area contributed by atoms with Crippen LogP contribution in [0.1, 0.15) is 29.8 Å². The highest BCUT2D eigenvalue weighted by Gasteiger charge is 2.37. The van der Waals surface area contributed by atoms with Gasteiger partial charge in [-0.25, -0.2) is 13.2 Å². The first kappa shape index (κ1) is 39.4. The molecule has 5 aromatic rings. The number of methoxy groups -OCH3 is 1. The summed E-state index contributed by atoms with van der Waals surface area (Å²) in [4.78, 5) is 29.8. The van der Waals surface area contributed by atoms with E-state index in [1.165, 1.54) is 23.5 Å². The minimum Gasteiger partial charge on any atom is -0.497 e. The number of urea groups is 1. The number of sulfonamides is 1. The normalized spacial score (nSPS) is 17.2. The minimum absolute atomic E-state index is 0.0417. The Kier molecular flexibility index (Phi) is 11.8. The number of nitrogens with zero attached hydrogens (tertiary/aromatic N) is 2. The largest absolute Gasteiger partial charge is 0.497 e. The Hall–Kier alpha value is -5.83. The SMILES string of the molecule is COc1ccc(COC[C@H](C)N2C[C@@H](C)[C@H](CN(C)S(=O)(=O)c3ccc4c(c3)OCCO4)Oc3c(NC(=O)Nc4cccc5ccccc45)cccc3C2=O)cc1. The third kappa shape index (κ3) is 8.78. The van der Waals surface area contributed by atoms with Gasteiger partial charge >= 0.3 is 6.03 Å². The Morgan fingerprint density at radius 3 is 2.40 bits per heavy atom. The quantitative estimate of drug-likeness (QED) is 0.136. The van der Waals surface area contributed by atoms with Crippen LogP contribution >= 0.6 is 0 Å². The van der Waals surface area contributed by atoms with Crippen LogP contribution in [0.2, 0.25) is 0 Å². The number of anilines is 2. The van der Waals surface area contributed by atoms with E-state index in [1.807, 2.05) is 80.6 Å². The fourth-order valence-corrected chi connectivity index (χ4v) is 8.15. The summed E-state index contributed by atoms with van der Waals surface area (Å²) < 4.78 is 58.5. The molecule has 2 N–H and O–H groups in total. The number of carbonyl (C=O) groups excluding carboxylic acids is 2. The molecule has 0 aromatic heterocycles. The van der Waals surface area contributed by atoms with Crippen molar-refractivity contribution in [2.24, 2.45) is 5.92 Å². The molecule has 13 nitrogen and oxygen atoms in total. The van der Waals surface area contributed by atoms with Crippen LogP contribution in [-0.4, -0.2) is 88.8 Å². The van der Waals surface area contributed by atoms with Crippen LogP contribution in [0, 0.1) is 5.92 Å². The van der Waals surface area contributed by atoms with Gasteiger partial charge in [-0.15, -0.1) is 0 Å². The van der Waals surface area contributed by atoms with Crippen LogP contribution in [0.25, 0.3) is 10.8 Å². The van der Waals surface area contributed by atoms with Crippen molar-refractivity contribution in [3.63, 3.8) is 0 Å². The lowest BCUT2D eigenvalue weighted by molar-refractivity contribution is 0.0236. The number of hydrogen-bond acceptors (Lipinski definition) is 9. The maximum absolute atomic E-state index is 14.5. The molecule has 0 unspecified atom stereocenters. The van der Waals surface area contributed by atoms with Gasteiger partial charge in [0.25, 0.3) is 5.91 Å². The Labute approximate surface area is 332 Å². The first-order valence-electron chi connectivity index (χ1n) is 18.7. The number of rotatable bonds is 12. The average Bonchev–Trinajstić information content (AvgIpc) is 3.22. The van der Waals surface area contributed by atoms with Gasteiger partial charge in [-0.2, -0.15) is 4.31 Å². The van der Waals surface area contributed by atoms with Gasteiger partial charge in [0.05, 0.1) is 54.7 Å². The van der Waals surface area contributed by atoms with Crippen LogP contribution in [-0.2, 0) is 21.4 Å². The van der Waals surface area contributed by atoms with Gasteiger partial charge < -0.3 is 39.2 Å². The molecule has 2 heterocycles. The summed E-state index contributed by atoms with van der Waals surface area (Å²) in [6.07, 6.45) is -0.757. The summed E-state index contributed by atoms with van der Waals surface area (Å²) >= 11 is 0. The summed E-state index contributed by atoms with van der Waals surface area (Å²) in [5.74, 6) is 1.02. The zero-order valence-corrected chi connectivity index (χ0v) is 33.1. The standard InChI is InChI=1S/C43H46N4O9S/c1-28-24-47(29(2)26-53-27-30-15-17-32(52-4)18-16-30)42(48)35-12-8-14-37(45-43(49)44-36-13-7-10-31-9-5-6-11-34(31)36)41(35)56-40(28)25-46(3)57(50,51)33-19-20-38-39(23-33)55-22-21-54-38/h5-20,23,28-29,40H,21-22,24-27H2,1-4H3,(H2,44,45,49)/t28-,29+,40+/m1/s1. The summed E-state index contributed by atoms with van der Waals surface area (Å²) in [6, 6.07) is 29.5. The van der Waals surface area contributed by atoms with E-state index in [0.717, 1.165) is 22.1 Å². The van der Waals surface area contributed by atoms with Gasteiger partial charge in [0.2, 0.25) is 10.0 Å². The van der Waals surface area contributed by atoms with Crippen LogP contribution in [0.3, 0.4) is 0 Å². The second-order valence-electron chi connectivity index (χ2n) is 14.2. The molecule has 2 aliphatic heterocycles. The Balaban J connectivity index is 1.17. The molecule has 3 amide bonds. The van der Waals surface area contributed by atoms with E-state index >= 15 is 0 Å². The Morgan fingerprint density at radius 1 is 0.912 bits per heavy atom. The molecule has 298 valence electrons. The van der Waals surface area contributed by atoms with Crippen molar-refractivity contribution in [3.8, 4) is 23.0 Å². The molecular weight excluding hydrogens is 749 g/mol. The molecule has 7 rings (SSSR count).